The van der Waals surface area contributed by atoms with Crippen molar-refractivity contribution in [3.05, 3.63) is 47.7 Å². The van der Waals surface area contributed by atoms with Crippen LogP contribution in [0.15, 0.2) is 36.5 Å². The van der Waals surface area contributed by atoms with Gasteiger partial charge in [-0.2, -0.15) is 13.2 Å². The molecule has 2 aromatic rings. The number of aromatic nitrogens is 1. The fourth-order valence-corrected chi connectivity index (χ4v) is 1.98. The molecule has 1 heterocycles. The maximum atomic E-state index is 13.2. The van der Waals surface area contributed by atoms with E-state index in [0.717, 1.165) is 36.5 Å². The molecular formula is C14H9F6NO2. The molecule has 0 aliphatic heterocycles. The van der Waals surface area contributed by atoms with Crippen LogP contribution in [-0.2, 0) is 12.8 Å². The summed E-state index contributed by atoms with van der Waals surface area (Å²) in [6, 6.07) is 4.85. The molecule has 0 saturated carbocycles. The molecule has 0 radical (unpaired) electrons. The predicted molar refractivity (Wildman–Crippen MR) is 67.3 cm³/mol. The summed E-state index contributed by atoms with van der Waals surface area (Å²) in [5.41, 5.74) is -2.05. The summed E-state index contributed by atoms with van der Waals surface area (Å²) in [5.74, 6) is -0.562. The van der Waals surface area contributed by atoms with E-state index in [9.17, 15) is 26.3 Å². The number of hydrogen-bond donors (Lipinski definition) is 1. The van der Waals surface area contributed by atoms with E-state index in [2.05, 4.69) is 9.72 Å². The van der Waals surface area contributed by atoms with Gasteiger partial charge in [-0.1, -0.05) is 0 Å². The van der Waals surface area contributed by atoms with Crippen LogP contribution < -0.4 is 4.74 Å². The average molecular weight is 337 g/mol. The standard InChI is InChI=1S/C14H9F6NO2/c15-13(16,17)11-9(7-22)5-6-21-12(11)8-1-3-10(4-2-8)23-14(18,19)20/h1-6,22H,7H2. The normalized spacial score (nSPS) is 12.3. The van der Waals surface area contributed by atoms with Crippen LogP contribution in [0.2, 0.25) is 0 Å². The van der Waals surface area contributed by atoms with Crippen molar-refractivity contribution in [1.82, 2.24) is 4.98 Å². The number of pyridine rings is 1. The Balaban J connectivity index is 2.47. The molecule has 3 nitrogen and oxygen atoms in total. The van der Waals surface area contributed by atoms with Crippen LogP contribution in [0.3, 0.4) is 0 Å². The fourth-order valence-electron chi connectivity index (χ4n) is 1.98. The summed E-state index contributed by atoms with van der Waals surface area (Å²) in [6.07, 6.45) is -8.59. The van der Waals surface area contributed by atoms with Crippen molar-refractivity contribution in [1.29, 1.82) is 0 Å². The highest BCUT2D eigenvalue weighted by atomic mass is 19.4. The van der Waals surface area contributed by atoms with Gasteiger partial charge in [-0.3, -0.25) is 4.98 Å². The van der Waals surface area contributed by atoms with E-state index < -0.39 is 36.2 Å². The zero-order chi connectivity index (χ0) is 17.3. The largest absolute Gasteiger partial charge is 0.573 e. The van der Waals surface area contributed by atoms with Gasteiger partial charge in [0.2, 0.25) is 0 Å². The molecule has 0 saturated heterocycles. The molecule has 0 aliphatic rings. The van der Waals surface area contributed by atoms with E-state index >= 15 is 0 Å². The monoisotopic (exact) mass is 337 g/mol. The highest BCUT2D eigenvalue weighted by Gasteiger charge is 2.37. The summed E-state index contributed by atoms with van der Waals surface area (Å²) in [6.45, 7) is -0.848. The quantitative estimate of drug-likeness (QED) is 0.856. The zero-order valence-electron chi connectivity index (χ0n) is 11.2. The van der Waals surface area contributed by atoms with Crippen LogP contribution in [0, 0.1) is 0 Å². The summed E-state index contributed by atoms with van der Waals surface area (Å²) < 4.78 is 79.3. The number of ether oxygens (including phenoxy) is 1. The summed E-state index contributed by atoms with van der Waals surface area (Å²) in [4.78, 5) is 3.63. The molecular weight excluding hydrogens is 328 g/mol. The molecule has 0 unspecified atom stereocenters. The molecule has 0 atom stereocenters. The first kappa shape index (κ1) is 17.1. The van der Waals surface area contributed by atoms with Crippen molar-refractivity contribution in [3.8, 4) is 17.0 Å². The van der Waals surface area contributed by atoms with Crippen LogP contribution in [-0.4, -0.2) is 16.5 Å². The van der Waals surface area contributed by atoms with Crippen molar-refractivity contribution in [2.75, 3.05) is 0 Å². The van der Waals surface area contributed by atoms with E-state index in [1.165, 1.54) is 0 Å². The van der Waals surface area contributed by atoms with Crippen LogP contribution in [0.1, 0.15) is 11.1 Å². The van der Waals surface area contributed by atoms with Gasteiger partial charge in [-0.15, -0.1) is 13.2 Å². The molecule has 9 heteroatoms. The highest BCUT2D eigenvalue weighted by molar-refractivity contribution is 5.66. The van der Waals surface area contributed by atoms with E-state index in [0.29, 0.717) is 0 Å². The second kappa shape index (κ2) is 6.07. The number of halogens is 6. The summed E-state index contributed by atoms with van der Waals surface area (Å²) in [5, 5.41) is 9.05. The minimum Gasteiger partial charge on any atom is -0.406 e. The van der Waals surface area contributed by atoms with Gasteiger partial charge in [0.1, 0.15) is 5.75 Å². The van der Waals surface area contributed by atoms with Crippen LogP contribution in [0.25, 0.3) is 11.3 Å². The molecule has 1 N–H and O–H groups in total. The lowest BCUT2D eigenvalue weighted by atomic mass is 10.0. The minimum atomic E-state index is -4.90. The van der Waals surface area contributed by atoms with Gasteiger partial charge in [-0.05, 0) is 35.9 Å². The molecule has 23 heavy (non-hydrogen) atoms. The molecule has 124 valence electrons. The van der Waals surface area contributed by atoms with Crippen LogP contribution >= 0.6 is 0 Å². The van der Waals surface area contributed by atoms with Gasteiger partial charge >= 0.3 is 12.5 Å². The Hall–Kier alpha value is -2.29. The predicted octanol–water partition coefficient (Wildman–Crippen LogP) is 4.16. The van der Waals surface area contributed by atoms with Crippen molar-refractivity contribution in [2.45, 2.75) is 19.1 Å². The fraction of sp³-hybridized carbons (Fsp3) is 0.214. The van der Waals surface area contributed by atoms with Gasteiger partial charge < -0.3 is 9.84 Å². The first-order valence-corrected chi connectivity index (χ1v) is 6.14. The zero-order valence-corrected chi connectivity index (χ0v) is 11.2. The smallest absolute Gasteiger partial charge is 0.406 e. The van der Waals surface area contributed by atoms with Gasteiger partial charge in [0.25, 0.3) is 0 Å². The number of benzene rings is 1. The van der Waals surface area contributed by atoms with Crippen molar-refractivity contribution < 1.29 is 36.2 Å². The van der Waals surface area contributed by atoms with Gasteiger partial charge in [0.05, 0.1) is 17.9 Å². The first-order valence-electron chi connectivity index (χ1n) is 6.14. The van der Waals surface area contributed by atoms with Crippen molar-refractivity contribution in [3.63, 3.8) is 0 Å². The Bertz CT molecular complexity index is 679. The van der Waals surface area contributed by atoms with Gasteiger partial charge in [-0.25, -0.2) is 0 Å². The van der Waals surface area contributed by atoms with Crippen LogP contribution in [0.5, 0.6) is 5.75 Å². The molecule has 0 bridgehead atoms. The lowest BCUT2D eigenvalue weighted by Crippen LogP contribution is -2.17. The third-order valence-corrected chi connectivity index (χ3v) is 2.85. The van der Waals surface area contributed by atoms with Crippen LogP contribution in [0.4, 0.5) is 26.3 Å². The number of aliphatic hydroxyl groups excluding tert-OH is 1. The number of rotatable bonds is 3. The van der Waals surface area contributed by atoms with Gasteiger partial charge in [0.15, 0.2) is 0 Å². The molecule has 1 aromatic heterocycles. The molecule has 2 rings (SSSR count). The second-order valence-electron chi connectivity index (χ2n) is 4.42. The Labute approximate surface area is 126 Å². The Morgan fingerprint density at radius 2 is 1.57 bits per heavy atom. The lowest BCUT2D eigenvalue weighted by molar-refractivity contribution is -0.274. The van der Waals surface area contributed by atoms with E-state index in [4.69, 9.17) is 5.11 Å². The average Bonchev–Trinajstić information content (AvgIpc) is 2.44. The van der Waals surface area contributed by atoms with Crippen molar-refractivity contribution >= 4 is 0 Å². The Morgan fingerprint density at radius 1 is 0.957 bits per heavy atom. The third-order valence-electron chi connectivity index (χ3n) is 2.85. The number of nitrogens with zero attached hydrogens (tertiary/aromatic N) is 1. The highest BCUT2D eigenvalue weighted by Crippen LogP contribution is 2.38. The van der Waals surface area contributed by atoms with E-state index in [1.807, 2.05) is 0 Å². The maximum absolute atomic E-state index is 13.2. The topological polar surface area (TPSA) is 42.4 Å². The van der Waals surface area contributed by atoms with Gasteiger partial charge in [0, 0.05) is 11.8 Å². The Morgan fingerprint density at radius 3 is 2.04 bits per heavy atom. The number of hydrogen-bond acceptors (Lipinski definition) is 3. The lowest BCUT2D eigenvalue weighted by Gasteiger charge is -2.16. The molecule has 0 aliphatic carbocycles. The summed E-state index contributed by atoms with van der Waals surface area (Å²) in [7, 11) is 0. The summed E-state index contributed by atoms with van der Waals surface area (Å²) >= 11 is 0. The molecule has 0 spiro atoms. The van der Waals surface area contributed by atoms with E-state index in [1.54, 1.807) is 0 Å². The van der Waals surface area contributed by atoms with Crippen molar-refractivity contribution in [2.24, 2.45) is 0 Å². The Kier molecular flexibility index (Phi) is 4.51. The SMILES string of the molecule is OCc1ccnc(-c2ccc(OC(F)(F)F)cc2)c1C(F)(F)F. The molecule has 1 aromatic carbocycles. The second-order valence-corrected chi connectivity index (χ2v) is 4.42. The maximum Gasteiger partial charge on any atom is 0.573 e. The molecule has 0 amide bonds. The van der Waals surface area contributed by atoms with E-state index in [-0.39, 0.29) is 11.1 Å². The third kappa shape index (κ3) is 4.13. The first-order chi connectivity index (χ1) is 10.6. The number of aliphatic hydroxyl groups is 1. The molecule has 0 fully saturated rings. The number of alkyl halides is 6. The minimum absolute atomic E-state index is 0.0536.